The van der Waals surface area contributed by atoms with E-state index < -0.39 is 0 Å². The van der Waals surface area contributed by atoms with E-state index in [0.717, 1.165) is 17.1 Å². The van der Waals surface area contributed by atoms with Crippen LogP contribution in [0, 0.1) is 6.92 Å². The zero-order valence-corrected chi connectivity index (χ0v) is 11.0. The number of benzene rings is 2. The van der Waals surface area contributed by atoms with E-state index in [2.05, 4.69) is 49.9 Å². The summed E-state index contributed by atoms with van der Waals surface area (Å²) < 4.78 is 5.15. The number of hydrogen-bond acceptors (Lipinski definition) is 2. The van der Waals surface area contributed by atoms with Crippen molar-refractivity contribution in [2.75, 3.05) is 7.11 Å². The van der Waals surface area contributed by atoms with Crippen LogP contribution in [0.25, 0.3) is 0 Å². The van der Waals surface area contributed by atoms with E-state index in [1.54, 1.807) is 7.11 Å². The van der Waals surface area contributed by atoms with Gasteiger partial charge in [0.25, 0.3) is 0 Å². The van der Waals surface area contributed by atoms with E-state index in [4.69, 9.17) is 4.74 Å². The van der Waals surface area contributed by atoms with Gasteiger partial charge in [-0.15, -0.1) is 12.6 Å². The Balaban J connectivity index is 2.22. The van der Waals surface area contributed by atoms with Gasteiger partial charge in [-0.3, -0.25) is 0 Å². The molecule has 0 saturated carbocycles. The summed E-state index contributed by atoms with van der Waals surface area (Å²) in [6.07, 6.45) is 0.907. The van der Waals surface area contributed by atoms with Crippen molar-refractivity contribution in [3.05, 3.63) is 59.2 Å². The van der Waals surface area contributed by atoms with Gasteiger partial charge in [-0.25, -0.2) is 0 Å². The Kier molecular flexibility index (Phi) is 3.75. The van der Waals surface area contributed by atoms with Crippen LogP contribution in [0.3, 0.4) is 0 Å². The first kappa shape index (κ1) is 12.1. The summed E-state index contributed by atoms with van der Waals surface area (Å²) in [5.41, 5.74) is 3.80. The highest BCUT2D eigenvalue weighted by Crippen LogP contribution is 2.20. The van der Waals surface area contributed by atoms with Crippen molar-refractivity contribution in [2.24, 2.45) is 0 Å². The second kappa shape index (κ2) is 5.28. The lowest BCUT2D eigenvalue weighted by atomic mass is 10.0. The van der Waals surface area contributed by atoms with E-state index in [9.17, 15) is 0 Å². The SMILES string of the molecule is COc1ccc(Cc2cc(C)ccc2S)cc1. The molecule has 0 aromatic heterocycles. The van der Waals surface area contributed by atoms with Crippen LogP contribution in [0.2, 0.25) is 0 Å². The fourth-order valence-corrected chi connectivity index (χ4v) is 2.04. The van der Waals surface area contributed by atoms with Crippen LogP contribution >= 0.6 is 12.6 Å². The molecular formula is C15H16OS. The van der Waals surface area contributed by atoms with Crippen LogP contribution < -0.4 is 4.74 Å². The minimum atomic E-state index is 0.893. The molecule has 0 heterocycles. The van der Waals surface area contributed by atoms with Crippen molar-refractivity contribution >= 4 is 12.6 Å². The number of thiol groups is 1. The van der Waals surface area contributed by atoms with Gasteiger partial charge in [0.1, 0.15) is 5.75 Å². The molecule has 2 rings (SSSR count). The van der Waals surface area contributed by atoms with Crippen LogP contribution in [0.1, 0.15) is 16.7 Å². The van der Waals surface area contributed by atoms with E-state index in [-0.39, 0.29) is 0 Å². The zero-order chi connectivity index (χ0) is 12.3. The highest BCUT2D eigenvalue weighted by molar-refractivity contribution is 7.80. The highest BCUT2D eigenvalue weighted by atomic mass is 32.1. The number of ether oxygens (including phenoxy) is 1. The van der Waals surface area contributed by atoms with E-state index in [1.165, 1.54) is 16.7 Å². The van der Waals surface area contributed by atoms with Crippen molar-refractivity contribution in [3.63, 3.8) is 0 Å². The van der Waals surface area contributed by atoms with E-state index >= 15 is 0 Å². The quantitative estimate of drug-likeness (QED) is 0.806. The highest BCUT2D eigenvalue weighted by Gasteiger charge is 2.01. The molecule has 0 amide bonds. The van der Waals surface area contributed by atoms with Crippen molar-refractivity contribution in [2.45, 2.75) is 18.2 Å². The van der Waals surface area contributed by atoms with E-state index in [0.29, 0.717) is 0 Å². The van der Waals surface area contributed by atoms with Gasteiger partial charge in [0.05, 0.1) is 7.11 Å². The van der Waals surface area contributed by atoms with Gasteiger partial charge < -0.3 is 4.74 Å². The minimum Gasteiger partial charge on any atom is -0.497 e. The molecule has 2 aromatic rings. The molecule has 2 aromatic carbocycles. The molecule has 17 heavy (non-hydrogen) atoms. The average Bonchev–Trinajstić information content (AvgIpc) is 2.35. The Labute approximate surface area is 108 Å². The van der Waals surface area contributed by atoms with Crippen LogP contribution in [-0.2, 0) is 6.42 Å². The van der Waals surface area contributed by atoms with Crippen molar-refractivity contribution in [3.8, 4) is 5.75 Å². The van der Waals surface area contributed by atoms with Crippen LogP contribution in [-0.4, -0.2) is 7.11 Å². The molecule has 0 bridgehead atoms. The lowest BCUT2D eigenvalue weighted by Crippen LogP contribution is -1.91. The summed E-state index contributed by atoms with van der Waals surface area (Å²) in [5, 5.41) is 0. The summed E-state index contributed by atoms with van der Waals surface area (Å²) in [6.45, 7) is 2.10. The third kappa shape index (κ3) is 3.04. The predicted octanol–water partition coefficient (Wildman–Crippen LogP) is 3.88. The average molecular weight is 244 g/mol. The minimum absolute atomic E-state index is 0.893. The zero-order valence-electron chi connectivity index (χ0n) is 10.1. The third-order valence-electron chi connectivity index (χ3n) is 2.79. The maximum Gasteiger partial charge on any atom is 0.118 e. The first-order valence-corrected chi connectivity index (χ1v) is 6.05. The normalized spacial score (nSPS) is 10.3. The van der Waals surface area contributed by atoms with Crippen molar-refractivity contribution in [1.29, 1.82) is 0 Å². The third-order valence-corrected chi connectivity index (χ3v) is 3.22. The van der Waals surface area contributed by atoms with Gasteiger partial charge >= 0.3 is 0 Å². The van der Waals surface area contributed by atoms with Gasteiger partial charge in [0.15, 0.2) is 0 Å². The monoisotopic (exact) mass is 244 g/mol. The fraction of sp³-hybridized carbons (Fsp3) is 0.200. The smallest absolute Gasteiger partial charge is 0.118 e. The van der Waals surface area contributed by atoms with Gasteiger partial charge in [-0.1, -0.05) is 29.8 Å². The van der Waals surface area contributed by atoms with Crippen LogP contribution in [0.4, 0.5) is 0 Å². The molecule has 0 fully saturated rings. The molecule has 88 valence electrons. The standard InChI is InChI=1S/C15H16OS/c1-11-3-8-15(17)13(9-11)10-12-4-6-14(16-2)7-5-12/h3-9,17H,10H2,1-2H3. The van der Waals surface area contributed by atoms with Crippen LogP contribution in [0.15, 0.2) is 47.4 Å². The summed E-state index contributed by atoms with van der Waals surface area (Å²) in [7, 11) is 1.68. The molecule has 0 aliphatic heterocycles. The van der Waals surface area contributed by atoms with Crippen LogP contribution in [0.5, 0.6) is 5.75 Å². The number of aryl methyl sites for hydroxylation is 1. The first-order chi connectivity index (χ1) is 8.19. The summed E-state index contributed by atoms with van der Waals surface area (Å²) >= 11 is 4.49. The van der Waals surface area contributed by atoms with E-state index in [1.807, 2.05) is 12.1 Å². The summed E-state index contributed by atoms with van der Waals surface area (Å²) in [6, 6.07) is 14.5. The molecule has 0 atom stereocenters. The number of hydrogen-bond donors (Lipinski definition) is 1. The molecule has 0 aliphatic rings. The van der Waals surface area contributed by atoms with Gasteiger partial charge in [0, 0.05) is 4.90 Å². The predicted molar refractivity (Wildman–Crippen MR) is 74.2 cm³/mol. The fourth-order valence-electron chi connectivity index (χ4n) is 1.82. The molecular weight excluding hydrogens is 228 g/mol. The number of rotatable bonds is 3. The molecule has 0 spiro atoms. The van der Waals surface area contributed by atoms with Gasteiger partial charge in [-0.2, -0.15) is 0 Å². The lowest BCUT2D eigenvalue weighted by Gasteiger charge is -2.07. The van der Waals surface area contributed by atoms with Gasteiger partial charge in [-0.05, 0) is 42.7 Å². The number of methoxy groups -OCH3 is 1. The molecule has 0 unspecified atom stereocenters. The molecule has 0 radical (unpaired) electrons. The molecule has 1 nitrogen and oxygen atoms in total. The molecule has 2 heteroatoms. The molecule has 0 saturated heterocycles. The largest absolute Gasteiger partial charge is 0.497 e. The maximum absolute atomic E-state index is 5.15. The summed E-state index contributed by atoms with van der Waals surface area (Å²) in [5.74, 6) is 0.893. The maximum atomic E-state index is 5.15. The Morgan fingerprint density at radius 3 is 2.41 bits per heavy atom. The Morgan fingerprint density at radius 2 is 1.76 bits per heavy atom. The second-order valence-corrected chi connectivity index (χ2v) is 4.64. The Morgan fingerprint density at radius 1 is 1.06 bits per heavy atom. The van der Waals surface area contributed by atoms with Crippen molar-refractivity contribution < 1.29 is 4.74 Å². The Bertz CT molecular complexity index is 503. The lowest BCUT2D eigenvalue weighted by molar-refractivity contribution is 0.414. The Hall–Kier alpha value is -1.41. The molecule has 0 N–H and O–H groups in total. The van der Waals surface area contributed by atoms with Gasteiger partial charge in [0.2, 0.25) is 0 Å². The summed E-state index contributed by atoms with van der Waals surface area (Å²) in [4.78, 5) is 1.05. The van der Waals surface area contributed by atoms with Crippen molar-refractivity contribution in [1.82, 2.24) is 0 Å². The first-order valence-electron chi connectivity index (χ1n) is 5.60. The topological polar surface area (TPSA) is 9.23 Å². The second-order valence-electron chi connectivity index (χ2n) is 4.16. The molecule has 0 aliphatic carbocycles.